The lowest BCUT2D eigenvalue weighted by Gasteiger charge is -2.35. The highest BCUT2D eigenvalue weighted by Gasteiger charge is 2.42. The second-order valence-electron chi connectivity index (χ2n) is 7.53. The van der Waals surface area contributed by atoms with E-state index in [2.05, 4.69) is 9.97 Å². The molecule has 29 heavy (non-hydrogen) atoms. The summed E-state index contributed by atoms with van der Waals surface area (Å²) in [5.74, 6) is -0.534. The van der Waals surface area contributed by atoms with Crippen molar-refractivity contribution in [3.63, 3.8) is 0 Å². The zero-order chi connectivity index (χ0) is 20.0. The van der Waals surface area contributed by atoms with E-state index in [4.69, 9.17) is 0 Å². The topological polar surface area (TPSA) is 86.4 Å². The maximum atomic E-state index is 12.8. The van der Waals surface area contributed by atoms with Crippen LogP contribution in [0, 0.1) is 0 Å². The predicted octanol–water partition coefficient (Wildman–Crippen LogP) is 2.39. The van der Waals surface area contributed by atoms with Gasteiger partial charge in [-0.05, 0) is 36.6 Å². The fourth-order valence-corrected chi connectivity index (χ4v) is 4.34. The summed E-state index contributed by atoms with van der Waals surface area (Å²) >= 11 is 0. The lowest BCUT2D eigenvalue weighted by Crippen LogP contribution is -2.49. The maximum absolute atomic E-state index is 12.8. The van der Waals surface area contributed by atoms with Gasteiger partial charge in [-0.1, -0.05) is 18.2 Å². The highest BCUT2D eigenvalue weighted by molar-refractivity contribution is 6.20. The number of piperidine rings is 1. The summed E-state index contributed by atoms with van der Waals surface area (Å²) in [6, 6.07) is 11.0. The highest BCUT2D eigenvalue weighted by Crippen LogP contribution is 2.28. The predicted molar refractivity (Wildman–Crippen MR) is 106 cm³/mol. The van der Waals surface area contributed by atoms with E-state index in [0.29, 0.717) is 37.9 Å². The number of carbonyl (C=O) groups is 3. The summed E-state index contributed by atoms with van der Waals surface area (Å²) in [6.45, 7) is 1.07. The van der Waals surface area contributed by atoms with Crippen LogP contribution in [0.3, 0.4) is 0 Å². The van der Waals surface area contributed by atoms with Crippen molar-refractivity contribution in [3.8, 4) is 0 Å². The minimum atomic E-state index is -0.325. The largest absolute Gasteiger partial charge is 0.361 e. The van der Waals surface area contributed by atoms with E-state index in [1.54, 1.807) is 12.1 Å². The van der Waals surface area contributed by atoms with E-state index in [0.717, 1.165) is 16.5 Å². The van der Waals surface area contributed by atoms with Gasteiger partial charge < -0.3 is 9.88 Å². The molecule has 4 heterocycles. The van der Waals surface area contributed by atoms with Gasteiger partial charge in [0, 0.05) is 42.4 Å². The molecule has 0 bridgehead atoms. The second kappa shape index (κ2) is 6.84. The summed E-state index contributed by atoms with van der Waals surface area (Å²) in [7, 11) is 0. The van der Waals surface area contributed by atoms with Crippen LogP contribution in [0.25, 0.3) is 10.9 Å². The van der Waals surface area contributed by atoms with Crippen LogP contribution in [0.1, 0.15) is 39.3 Å². The summed E-state index contributed by atoms with van der Waals surface area (Å²) in [5, 5.41) is 1.06. The molecule has 1 N–H and O–H groups in total. The van der Waals surface area contributed by atoms with Crippen LogP contribution in [-0.4, -0.2) is 56.6 Å². The maximum Gasteiger partial charge on any atom is 0.280 e. The molecule has 0 saturated carbocycles. The van der Waals surface area contributed by atoms with Crippen LogP contribution in [0.5, 0.6) is 0 Å². The van der Waals surface area contributed by atoms with E-state index in [-0.39, 0.29) is 29.5 Å². The number of carbonyl (C=O) groups excluding carboxylic acids is 3. The van der Waals surface area contributed by atoms with Gasteiger partial charge in [0.05, 0.1) is 12.0 Å². The third kappa shape index (κ3) is 2.90. The van der Waals surface area contributed by atoms with Crippen LogP contribution < -0.4 is 0 Å². The van der Waals surface area contributed by atoms with Gasteiger partial charge in [-0.15, -0.1) is 0 Å². The molecule has 3 amide bonds. The number of benzene rings is 1. The molecule has 5 rings (SSSR count). The van der Waals surface area contributed by atoms with E-state index in [9.17, 15) is 14.4 Å². The monoisotopic (exact) mass is 388 g/mol. The van der Waals surface area contributed by atoms with Crippen molar-refractivity contribution < 1.29 is 14.4 Å². The first-order valence-electron chi connectivity index (χ1n) is 9.79. The number of nitrogens with one attached hydrogen (secondary N) is 1. The van der Waals surface area contributed by atoms with Gasteiger partial charge in [-0.2, -0.15) is 0 Å². The Balaban J connectivity index is 1.25. The molecule has 3 aromatic rings. The number of hydrogen-bond donors (Lipinski definition) is 1. The molecule has 2 aliphatic heterocycles. The quantitative estimate of drug-likeness (QED) is 0.698. The van der Waals surface area contributed by atoms with Gasteiger partial charge in [0.2, 0.25) is 5.91 Å². The lowest BCUT2D eigenvalue weighted by molar-refractivity contribution is -0.131. The number of H-pyrrole nitrogens is 1. The Hall–Kier alpha value is -3.48. The van der Waals surface area contributed by atoms with Crippen molar-refractivity contribution >= 4 is 28.6 Å². The number of para-hydroxylation sites is 1. The minimum absolute atomic E-state index is 0.0669. The Bertz CT molecular complexity index is 1090. The molecule has 1 fully saturated rings. The van der Waals surface area contributed by atoms with Crippen LogP contribution in [0.4, 0.5) is 0 Å². The van der Waals surface area contributed by atoms with Gasteiger partial charge in [0.15, 0.2) is 0 Å². The first-order valence-corrected chi connectivity index (χ1v) is 9.79. The SMILES string of the molecule is O=C(Cc1c[nH]c2ccccc12)N1CCC(N2C(=O)c3cccnc3C2=O)CC1. The normalized spacial score (nSPS) is 17.2. The van der Waals surface area contributed by atoms with Crippen LogP contribution >= 0.6 is 0 Å². The Morgan fingerprint density at radius 2 is 1.86 bits per heavy atom. The van der Waals surface area contributed by atoms with E-state index >= 15 is 0 Å². The second-order valence-corrected chi connectivity index (χ2v) is 7.53. The van der Waals surface area contributed by atoms with Crippen molar-refractivity contribution in [3.05, 3.63) is 65.6 Å². The number of aromatic amines is 1. The molecule has 2 aliphatic rings. The lowest BCUT2D eigenvalue weighted by atomic mass is 10.0. The molecule has 7 nitrogen and oxygen atoms in total. The summed E-state index contributed by atoms with van der Waals surface area (Å²) in [6.07, 6.45) is 4.93. The molecular weight excluding hydrogens is 368 g/mol. The number of nitrogens with zero attached hydrogens (tertiary/aromatic N) is 3. The van der Waals surface area contributed by atoms with E-state index in [1.807, 2.05) is 35.4 Å². The number of pyridine rings is 1. The molecule has 2 aromatic heterocycles. The van der Waals surface area contributed by atoms with Gasteiger partial charge in [-0.25, -0.2) is 0 Å². The van der Waals surface area contributed by atoms with Crippen molar-refractivity contribution in [2.75, 3.05) is 13.1 Å². The summed E-state index contributed by atoms with van der Waals surface area (Å²) in [4.78, 5) is 48.5. The van der Waals surface area contributed by atoms with Crippen LogP contribution in [0.2, 0.25) is 0 Å². The standard InChI is InChI=1S/C22H20N4O3/c27-19(12-14-13-24-18-6-2-1-4-16(14)18)25-10-7-15(8-11-25)26-21(28)17-5-3-9-23-20(17)22(26)29/h1-6,9,13,15,24H,7-8,10-12H2. The van der Waals surface area contributed by atoms with Gasteiger partial charge in [-0.3, -0.25) is 24.3 Å². The average molecular weight is 388 g/mol. The average Bonchev–Trinajstić information content (AvgIpc) is 3.27. The van der Waals surface area contributed by atoms with Gasteiger partial charge in [0.1, 0.15) is 5.69 Å². The van der Waals surface area contributed by atoms with Crippen LogP contribution in [0.15, 0.2) is 48.8 Å². The van der Waals surface area contributed by atoms with E-state index in [1.165, 1.54) is 11.1 Å². The fraction of sp³-hybridized carbons (Fsp3) is 0.273. The number of fused-ring (bicyclic) bond motifs is 2. The number of hydrogen-bond acceptors (Lipinski definition) is 4. The molecule has 0 unspecified atom stereocenters. The molecule has 1 aromatic carbocycles. The molecule has 0 radical (unpaired) electrons. The molecule has 1 saturated heterocycles. The Kier molecular flexibility index (Phi) is 4.16. The van der Waals surface area contributed by atoms with Crippen LogP contribution in [-0.2, 0) is 11.2 Å². The number of imide groups is 1. The molecule has 0 aliphatic carbocycles. The molecule has 7 heteroatoms. The first-order chi connectivity index (χ1) is 14.1. The van der Waals surface area contributed by atoms with Crippen molar-refractivity contribution in [1.82, 2.24) is 19.8 Å². The van der Waals surface area contributed by atoms with Crippen molar-refractivity contribution in [2.45, 2.75) is 25.3 Å². The molecule has 0 atom stereocenters. The Labute approximate surface area is 167 Å². The number of likely N-dealkylation sites (tertiary alicyclic amines) is 1. The minimum Gasteiger partial charge on any atom is -0.361 e. The summed E-state index contributed by atoms with van der Waals surface area (Å²) in [5.41, 5.74) is 2.61. The molecule has 0 spiro atoms. The zero-order valence-electron chi connectivity index (χ0n) is 15.8. The third-order valence-corrected chi connectivity index (χ3v) is 5.88. The smallest absolute Gasteiger partial charge is 0.280 e. The van der Waals surface area contributed by atoms with Gasteiger partial charge in [0.25, 0.3) is 11.8 Å². The number of rotatable bonds is 3. The number of amides is 3. The van der Waals surface area contributed by atoms with Crippen molar-refractivity contribution in [1.29, 1.82) is 0 Å². The first kappa shape index (κ1) is 17.6. The van der Waals surface area contributed by atoms with E-state index < -0.39 is 0 Å². The molecular formula is C22H20N4O3. The Morgan fingerprint density at radius 1 is 1.07 bits per heavy atom. The fourth-order valence-electron chi connectivity index (χ4n) is 4.34. The zero-order valence-corrected chi connectivity index (χ0v) is 15.8. The van der Waals surface area contributed by atoms with Gasteiger partial charge >= 0.3 is 0 Å². The van der Waals surface area contributed by atoms with Crippen molar-refractivity contribution in [2.24, 2.45) is 0 Å². The summed E-state index contributed by atoms with van der Waals surface area (Å²) < 4.78 is 0. The third-order valence-electron chi connectivity index (χ3n) is 5.88. The highest BCUT2D eigenvalue weighted by atomic mass is 16.2. The number of aromatic nitrogens is 2. The molecule has 146 valence electrons. The Morgan fingerprint density at radius 3 is 2.66 bits per heavy atom.